The molecule has 0 aromatic heterocycles. The molecular formula is C13H14N2O. The van der Waals surface area contributed by atoms with Gasteiger partial charge in [-0.1, -0.05) is 18.7 Å². The Balaban J connectivity index is 2.96. The van der Waals surface area contributed by atoms with Crippen molar-refractivity contribution in [3.05, 3.63) is 48.0 Å². The van der Waals surface area contributed by atoms with Crippen LogP contribution < -0.4 is 0 Å². The summed E-state index contributed by atoms with van der Waals surface area (Å²) in [5, 5.41) is 8.79. The van der Waals surface area contributed by atoms with Crippen molar-refractivity contribution in [1.29, 1.82) is 5.26 Å². The number of nitrogens with zero attached hydrogens (tertiary/aromatic N) is 2. The van der Waals surface area contributed by atoms with E-state index in [0.29, 0.717) is 5.56 Å². The second-order valence-corrected chi connectivity index (χ2v) is 3.57. The third-order valence-corrected chi connectivity index (χ3v) is 2.60. The Morgan fingerprint density at radius 3 is 2.88 bits per heavy atom. The molecule has 1 amide bonds. The molecule has 0 saturated heterocycles. The number of nitriles is 1. The first-order chi connectivity index (χ1) is 7.60. The zero-order chi connectivity index (χ0) is 12.1. The van der Waals surface area contributed by atoms with Crippen LogP contribution in [0, 0.1) is 11.3 Å². The number of hydrogen-bond acceptors (Lipinski definition) is 2. The minimum atomic E-state index is -0.130. The van der Waals surface area contributed by atoms with E-state index < -0.39 is 0 Å². The van der Waals surface area contributed by atoms with Crippen LogP contribution in [0.5, 0.6) is 0 Å². The van der Waals surface area contributed by atoms with E-state index in [-0.39, 0.29) is 11.9 Å². The van der Waals surface area contributed by atoms with Gasteiger partial charge in [0, 0.05) is 7.05 Å². The van der Waals surface area contributed by atoms with Crippen molar-refractivity contribution in [2.75, 3.05) is 7.05 Å². The quantitative estimate of drug-likeness (QED) is 0.724. The number of hydrogen-bond donors (Lipinski definition) is 0. The fourth-order valence-electron chi connectivity index (χ4n) is 1.43. The van der Waals surface area contributed by atoms with Gasteiger partial charge in [0.2, 0.25) is 5.91 Å². The van der Waals surface area contributed by atoms with Crippen molar-refractivity contribution in [2.24, 2.45) is 0 Å². The van der Waals surface area contributed by atoms with Crippen LogP contribution in [0.15, 0.2) is 36.9 Å². The lowest BCUT2D eigenvalue weighted by molar-refractivity contribution is -0.126. The molecule has 0 aliphatic heterocycles. The van der Waals surface area contributed by atoms with Crippen LogP contribution in [-0.4, -0.2) is 17.9 Å². The second kappa shape index (κ2) is 5.13. The van der Waals surface area contributed by atoms with Gasteiger partial charge in [0.1, 0.15) is 0 Å². The number of amides is 1. The molecule has 1 rings (SSSR count). The summed E-state index contributed by atoms with van der Waals surface area (Å²) in [5.74, 6) is -0.130. The standard InChI is InChI=1S/C13H14N2O/c1-4-13(16)15(3)10(2)12-7-5-6-11(8-12)9-14/h4-8,10H,1H2,2-3H3. The summed E-state index contributed by atoms with van der Waals surface area (Å²) in [6.07, 6.45) is 1.28. The van der Waals surface area contributed by atoms with Gasteiger partial charge in [-0.3, -0.25) is 4.79 Å². The first-order valence-corrected chi connectivity index (χ1v) is 4.99. The normalized spacial score (nSPS) is 11.3. The molecule has 0 radical (unpaired) electrons. The predicted octanol–water partition coefficient (Wildman–Crippen LogP) is 2.26. The van der Waals surface area contributed by atoms with Crippen LogP contribution >= 0.6 is 0 Å². The van der Waals surface area contributed by atoms with Gasteiger partial charge in [0.15, 0.2) is 0 Å². The molecule has 0 bridgehead atoms. The molecular weight excluding hydrogens is 200 g/mol. The van der Waals surface area contributed by atoms with Crippen LogP contribution in [0.1, 0.15) is 24.1 Å². The van der Waals surface area contributed by atoms with E-state index in [4.69, 9.17) is 5.26 Å². The van der Waals surface area contributed by atoms with Crippen molar-refractivity contribution in [3.63, 3.8) is 0 Å². The third-order valence-electron chi connectivity index (χ3n) is 2.60. The van der Waals surface area contributed by atoms with E-state index in [1.54, 1.807) is 24.1 Å². The molecule has 1 atom stereocenters. The highest BCUT2D eigenvalue weighted by atomic mass is 16.2. The van der Waals surface area contributed by atoms with Crippen LogP contribution in [0.2, 0.25) is 0 Å². The number of carbonyl (C=O) groups excluding carboxylic acids is 1. The van der Waals surface area contributed by atoms with Crippen LogP contribution in [0.25, 0.3) is 0 Å². The Morgan fingerprint density at radius 1 is 1.62 bits per heavy atom. The Bertz CT molecular complexity index is 445. The average molecular weight is 214 g/mol. The Hall–Kier alpha value is -2.08. The van der Waals surface area contributed by atoms with Crippen LogP contribution in [-0.2, 0) is 4.79 Å². The summed E-state index contributed by atoms with van der Waals surface area (Å²) in [6.45, 7) is 5.36. The maximum atomic E-state index is 11.4. The summed E-state index contributed by atoms with van der Waals surface area (Å²) in [4.78, 5) is 13.0. The molecule has 0 aliphatic rings. The van der Waals surface area contributed by atoms with Gasteiger partial charge in [0.05, 0.1) is 17.7 Å². The fraction of sp³-hybridized carbons (Fsp3) is 0.231. The molecule has 0 fully saturated rings. The maximum absolute atomic E-state index is 11.4. The molecule has 0 spiro atoms. The zero-order valence-corrected chi connectivity index (χ0v) is 9.47. The van der Waals surface area contributed by atoms with Gasteiger partial charge in [-0.25, -0.2) is 0 Å². The van der Waals surface area contributed by atoms with E-state index in [1.165, 1.54) is 6.08 Å². The molecule has 3 nitrogen and oxygen atoms in total. The van der Waals surface area contributed by atoms with E-state index in [1.807, 2.05) is 19.1 Å². The van der Waals surface area contributed by atoms with Crippen molar-refractivity contribution >= 4 is 5.91 Å². The maximum Gasteiger partial charge on any atom is 0.246 e. The molecule has 16 heavy (non-hydrogen) atoms. The van der Waals surface area contributed by atoms with Crippen LogP contribution in [0.4, 0.5) is 0 Å². The van der Waals surface area contributed by atoms with Gasteiger partial charge in [-0.15, -0.1) is 0 Å². The van der Waals surface area contributed by atoms with Crippen molar-refractivity contribution in [1.82, 2.24) is 4.90 Å². The van der Waals surface area contributed by atoms with Gasteiger partial charge >= 0.3 is 0 Å². The average Bonchev–Trinajstić information content (AvgIpc) is 2.36. The number of benzene rings is 1. The van der Waals surface area contributed by atoms with Crippen molar-refractivity contribution in [3.8, 4) is 6.07 Å². The van der Waals surface area contributed by atoms with Gasteiger partial charge < -0.3 is 4.90 Å². The molecule has 1 unspecified atom stereocenters. The predicted molar refractivity (Wildman–Crippen MR) is 62.5 cm³/mol. The van der Waals surface area contributed by atoms with E-state index in [9.17, 15) is 4.79 Å². The first-order valence-electron chi connectivity index (χ1n) is 4.99. The third kappa shape index (κ3) is 2.48. The van der Waals surface area contributed by atoms with Crippen molar-refractivity contribution < 1.29 is 4.79 Å². The van der Waals surface area contributed by atoms with E-state index >= 15 is 0 Å². The Kier molecular flexibility index (Phi) is 3.84. The lowest BCUT2D eigenvalue weighted by Crippen LogP contribution is -2.27. The highest BCUT2D eigenvalue weighted by molar-refractivity contribution is 5.87. The molecule has 0 saturated carbocycles. The zero-order valence-electron chi connectivity index (χ0n) is 9.47. The number of carbonyl (C=O) groups is 1. The van der Waals surface area contributed by atoms with Crippen molar-refractivity contribution in [2.45, 2.75) is 13.0 Å². The highest BCUT2D eigenvalue weighted by Gasteiger charge is 2.14. The first kappa shape index (κ1) is 12.0. The summed E-state index contributed by atoms with van der Waals surface area (Å²) in [7, 11) is 1.72. The van der Waals surface area contributed by atoms with E-state index in [2.05, 4.69) is 12.6 Å². The summed E-state index contributed by atoms with van der Waals surface area (Å²) < 4.78 is 0. The van der Waals surface area contributed by atoms with E-state index in [0.717, 1.165) is 5.56 Å². The minimum absolute atomic E-state index is 0.0706. The monoisotopic (exact) mass is 214 g/mol. The largest absolute Gasteiger partial charge is 0.335 e. The van der Waals surface area contributed by atoms with Gasteiger partial charge in [-0.05, 0) is 30.7 Å². The summed E-state index contributed by atoms with van der Waals surface area (Å²) >= 11 is 0. The Labute approximate surface area is 95.6 Å². The minimum Gasteiger partial charge on any atom is -0.335 e. The molecule has 82 valence electrons. The molecule has 0 aliphatic carbocycles. The van der Waals surface area contributed by atoms with Gasteiger partial charge in [-0.2, -0.15) is 5.26 Å². The highest BCUT2D eigenvalue weighted by Crippen LogP contribution is 2.19. The smallest absolute Gasteiger partial charge is 0.246 e. The second-order valence-electron chi connectivity index (χ2n) is 3.57. The molecule has 0 heterocycles. The number of likely N-dealkylation sites (N-methyl/N-ethyl adjacent to an activating group) is 1. The molecule has 1 aromatic rings. The molecule has 0 N–H and O–H groups in total. The summed E-state index contributed by atoms with van der Waals surface area (Å²) in [5.41, 5.74) is 1.54. The lowest BCUT2D eigenvalue weighted by atomic mass is 10.0. The SMILES string of the molecule is C=CC(=O)N(C)C(C)c1cccc(C#N)c1. The summed E-state index contributed by atoms with van der Waals surface area (Å²) in [6, 6.07) is 9.26. The lowest BCUT2D eigenvalue weighted by Gasteiger charge is -2.24. The molecule has 1 aromatic carbocycles. The molecule has 3 heteroatoms. The topological polar surface area (TPSA) is 44.1 Å². The van der Waals surface area contributed by atoms with Crippen LogP contribution in [0.3, 0.4) is 0 Å². The Morgan fingerprint density at radius 2 is 2.31 bits per heavy atom. The fourth-order valence-corrected chi connectivity index (χ4v) is 1.43. The van der Waals surface area contributed by atoms with Gasteiger partial charge in [0.25, 0.3) is 0 Å². The number of rotatable bonds is 3.